The first-order valence-electron chi connectivity index (χ1n) is 9.57. The fraction of sp³-hybridized carbons (Fsp3) is 0.0833. The predicted octanol–water partition coefficient (Wildman–Crippen LogP) is 3.78. The lowest BCUT2D eigenvalue weighted by atomic mass is 10.1. The Morgan fingerprint density at radius 3 is 2.34 bits per heavy atom. The maximum Gasteiger partial charge on any atom is 0.359 e. The van der Waals surface area contributed by atoms with Crippen molar-refractivity contribution >= 4 is 11.7 Å². The third kappa shape index (κ3) is 3.27. The lowest BCUT2D eigenvalue weighted by Crippen LogP contribution is -2.43. The number of carbonyl (C=O) groups excluding carboxylic acids is 1. The van der Waals surface area contributed by atoms with Crippen LogP contribution < -0.4 is 9.88 Å². The number of hydrogen-bond donors (Lipinski definition) is 1. The van der Waals surface area contributed by atoms with Gasteiger partial charge in [-0.1, -0.05) is 60.7 Å². The average molecular weight is 379 g/mol. The van der Waals surface area contributed by atoms with Gasteiger partial charge in [0.15, 0.2) is 11.7 Å². The van der Waals surface area contributed by atoms with Crippen LogP contribution >= 0.6 is 0 Å². The zero-order chi connectivity index (χ0) is 19.6. The number of pyridine rings is 1. The molecule has 1 atom stereocenters. The standard InChI is InChI=1S/C24H18N4O/c29-24-20(14-17-8-3-1-4-9-17)27-23-22(18-10-5-2-6-11-18)26-21(16-28(23)24)19-12-7-13-25-15-19/h1-13,15-16,20H,14H2/p+1. The smallest absolute Gasteiger partial charge is 0.264 e. The minimum Gasteiger partial charge on any atom is -0.264 e. The van der Waals surface area contributed by atoms with Crippen LogP contribution in [-0.4, -0.2) is 21.9 Å². The van der Waals surface area contributed by atoms with Gasteiger partial charge < -0.3 is 0 Å². The molecule has 2 aromatic heterocycles. The molecule has 0 fully saturated rings. The summed E-state index contributed by atoms with van der Waals surface area (Å²) in [5.41, 5.74) is 4.43. The van der Waals surface area contributed by atoms with Crippen LogP contribution in [0.4, 0.5) is 5.82 Å². The van der Waals surface area contributed by atoms with Gasteiger partial charge in [0.2, 0.25) is 0 Å². The van der Waals surface area contributed by atoms with Gasteiger partial charge in [-0.25, -0.2) is 9.78 Å². The molecule has 0 saturated carbocycles. The van der Waals surface area contributed by atoms with Gasteiger partial charge in [0, 0.05) is 29.9 Å². The largest absolute Gasteiger partial charge is 0.359 e. The van der Waals surface area contributed by atoms with E-state index in [0.29, 0.717) is 6.42 Å². The van der Waals surface area contributed by atoms with Crippen molar-refractivity contribution < 1.29 is 9.36 Å². The summed E-state index contributed by atoms with van der Waals surface area (Å²) in [7, 11) is 0. The van der Waals surface area contributed by atoms with Crippen molar-refractivity contribution in [3.63, 3.8) is 0 Å². The van der Waals surface area contributed by atoms with E-state index in [1.807, 2.05) is 72.8 Å². The van der Waals surface area contributed by atoms with Crippen molar-refractivity contribution in [1.29, 1.82) is 0 Å². The minimum absolute atomic E-state index is 0.0218. The Morgan fingerprint density at radius 2 is 1.62 bits per heavy atom. The Hall–Kier alpha value is -3.86. The SMILES string of the molecule is O=C1C(Cc2ccccc2)Nc2c(-c3ccccc3)nc(-c3cccnc3)c[n+]21. The van der Waals surface area contributed by atoms with E-state index >= 15 is 0 Å². The zero-order valence-electron chi connectivity index (χ0n) is 15.7. The number of fused-ring (bicyclic) bond motifs is 1. The van der Waals surface area contributed by atoms with Gasteiger partial charge in [0.1, 0.15) is 11.9 Å². The fourth-order valence-electron chi connectivity index (χ4n) is 3.65. The summed E-state index contributed by atoms with van der Waals surface area (Å²) in [6, 6.07) is 23.5. The molecular formula is C24H19N4O+. The molecule has 5 heteroatoms. The molecule has 0 radical (unpaired) electrons. The Bertz CT molecular complexity index is 1160. The van der Waals surface area contributed by atoms with Crippen LogP contribution in [0.1, 0.15) is 10.4 Å². The Kier molecular flexibility index (Phi) is 4.33. The van der Waals surface area contributed by atoms with Gasteiger partial charge in [0.05, 0.1) is 0 Å². The molecule has 1 unspecified atom stereocenters. The Morgan fingerprint density at radius 1 is 0.897 bits per heavy atom. The highest BCUT2D eigenvalue weighted by atomic mass is 16.2. The van der Waals surface area contributed by atoms with Crippen LogP contribution in [0.5, 0.6) is 0 Å². The molecule has 1 aliphatic heterocycles. The molecule has 0 aliphatic carbocycles. The van der Waals surface area contributed by atoms with Gasteiger partial charge in [0.25, 0.3) is 0 Å². The highest BCUT2D eigenvalue weighted by molar-refractivity contribution is 5.86. The molecule has 29 heavy (non-hydrogen) atoms. The predicted molar refractivity (Wildman–Crippen MR) is 111 cm³/mol. The molecule has 5 nitrogen and oxygen atoms in total. The normalized spacial score (nSPS) is 15.0. The van der Waals surface area contributed by atoms with Crippen LogP contribution in [0, 0.1) is 0 Å². The van der Waals surface area contributed by atoms with Crippen molar-refractivity contribution in [3.05, 3.63) is 97.0 Å². The summed E-state index contributed by atoms with van der Waals surface area (Å²) in [4.78, 5) is 22.3. The summed E-state index contributed by atoms with van der Waals surface area (Å²) in [5.74, 6) is 0.753. The lowest BCUT2D eigenvalue weighted by molar-refractivity contribution is -0.551. The van der Waals surface area contributed by atoms with Crippen LogP contribution in [0.15, 0.2) is 91.4 Å². The van der Waals surface area contributed by atoms with Crippen molar-refractivity contribution in [1.82, 2.24) is 9.97 Å². The molecule has 3 heterocycles. The van der Waals surface area contributed by atoms with Crippen LogP contribution in [0.25, 0.3) is 22.5 Å². The molecular weight excluding hydrogens is 360 g/mol. The van der Waals surface area contributed by atoms with Crippen molar-refractivity contribution in [2.45, 2.75) is 12.5 Å². The minimum atomic E-state index is -0.328. The van der Waals surface area contributed by atoms with Crippen molar-refractivity contribution in [3.8, 4) is 22.5 Å². The molecule has 0 saturated heterocycles. The number of nitrogens with one attached hydrogen (secondary N) is 1. The molecule has 2 aromatic carbocycles. The van der Waals surface area contributed by atoms with E-state index in [1.54, 1.807) is 23.2 Å². The van der Waals surface area contributed by atoms with E-state index in [-0.39, 0.29) is 11.9 Å². The first kappa shape index (κ1) is 17.3. The summed E-state index contributed by atoms with van der Waals surface area (Å²) in [6.07, 6.45) is 5.92. The maximum atomic E-state index is 13.2. The fourth-order valence-corrected chi connectivity index (χ4v) is 3.65. The van der Waals surface area contributed by atoms with Crippen LogP contribution in [-0.2, 0) is 6.42 Å². The van der Waals surface area contributed by atoms with Gasteiger partial charge in [-0.15, -0.1) is 0 Å². The summed E-state index contributed by atoms with van der Waals surface area (Å²) >= 11 is 0. The lowest BCUT2D eigenvalue weighted by Gasteiger charge is -2.06. The first-order valence-corrected chi connectivity index (χ1v) is 9.57. The molecule has 1 N–H and O–H groups in total. The summed E-state index contributed by atoms with van der Waals surface area (Å²) in [6.45, 7) is 0. The third-order valence-electron chi connectivity index (χ3n) is 5.08. The van der Waals surface area contributed by atoms with Crippen LogP contribution in [0.2, 0.25) is 0 Å². The summed E-state index contributed by atoms with van der Waals surface area (Å²) < 4.78 is 1.70. The van der Waals surface area contributed by atoms with E-state index in [2.05, 4.69) is 10.3 Å². The highest BCUT2D eigenvalue weighted by Crippen LogP contribution is 2.29. The van der Waals surface area contributed by atoms with E-state index in [4.69, 9.17) is 4.98 Å². The number of anilines is 1. The molecule has 140 valence electrons. The van der Waals surface area contributed by atoms with Crippen LogP contribution in [0.3, 0.4) is 0 Å². The van der Waals surface area contributed by atoms with Gasteiger partial charge >= 0.3 is 11.7 Å². The number of rotatable bonds is 4. The quantitative estimate of drug-likeness (QED) is 0.548. The maximum absolute atomic E-state index is 13.2. The van der Waals surface area contributed by atoms with E-state index in [9.17, 15) is 4.79 Å². The van der Waals surface area contributed by atoms with Crippen molar-refractivity contribution in [2.75, 3.05) is 5.32 Å². The number of carbonyl (C=O) groups is 1. The molecule has 4 aromatic rings. The van der Waals surface area contributed by atoms with E-state index in [0.717, 1.165) is 33.9 Å². The molecule has 0 spiro atoms. The van der Waals surface area contributed by atoms with Gasteiger partial charge in [-0.3, -0.25) is 10.3 Å². The molecule has 1 aliphatic rings. The van der Waals surface area contributed by atoms with Gasteiger partial charge in [-0.05, 0) is 17.7 Å². The van der Waals surface area contributed by atoms with E-state index in [1.165, 1.54) is 0 Å². The number of benzene rings is 2. The second-order valence-electron chi connectivity index (χ2n) is 7.03. The number of nitrogens with zero attached hydrogens (tertiary/aromatic N) is 3. The topological polar surface area (TPSA) is 58.8 Å². The Balaban J connectivity index is 1.61. The molecule has 0 amide bonds. The highest BCUT2D eigenvalue weighted by Gasteiger charge is 2.41. The first-order chi connectivity index (χ1) is 14.3. The third-order valence-corrected chi connectivity index (χ3v) is 5.08. The number of aromatic nitrogens is 3. The van der Waals surface area contributed by atoms with E-state index < -0.39 is 0 Å². The molecule has 5 rings (SSSR count). The zero-order valence-corrected chi connectivity index (χ0v) is 15.7. The second-order valence-corrected chi connectivity index (χ2v) is 7.03. The Labute approximate surface area is 168 Å². The average Bonchev–Trinajstić information content (AvgIpc) is 3.10. The molecule has 0 bridgehead atoms. The second kappa shape index (κ2) is 7.28. The monoisotopic (exact) mass is 379 g/mol. The van der Waals surface area contributed by atoms with Crippen molar-refractivity contribution in [2.24, 2.45) is 0 Å². The summed E-state index contributed by atoms with van der Waals surface area (Å²) in [5, 5.41) is 3.41. The number of hydrogen-bond acceptors (Lipinski definition) is 4. The van der Waals surface area contributed by atoms with Gasteiger partial charge in [-0.2, -0.15) is 4.57 Å².